The third-order valence-electron chi connectivity index (χ3n) is 4.32. The molecule has 0 amide bonds. The summed E-state index contributed by atoms with van der Waals surface area (Å²) >= 11 is 0. The Bertz CT molecular complexity index is 1030. The molecule has 0 aliphatic rings. The third-order valence-corrected chi connectivity index (χ3v) is 4.32. The molecule has 0 saturated heterocycles. The molecule has 2 aromatic heterocycles. The lowest BCUT2D eigenvalue weighted by atomic mass is 9.94. The van der Waals surface area contributed by atoms with Crippen molar-refractivity contribution >= 4 is 5.78 Å². The van der Waals surface area contributed by atoms with Crippen LogP contribution in [0, 0.1) is 6.92 Å². The molecule has 0 saturated carbocycles. The molecule has 0 radical (unpaired) electrons. The van der Waals surface area contributed by atoms with E-state index in [-0.39, 0.29) is 29.3 Å². The zero-order chi connectivity index (χ0) is 21.8. The highest BCUT2D eigenvalue weighted by atomic mass is 19.3. The fraction of sp³-hybridized carbons (Fsp3) is 0.318. The first-order valence-corrected chi connectivity index (χ1v) is 9.39. The van der Waals surface area contributed by atoms with Crippen molar-refractivity contribution in [1.82, 2.24) is 9.97 Å². The van der Waals surface area contributed by atoms with E-state index in [1.54, 1.807) is 26.1 Å². The molecule has 8 heteroatoms. The van der Waals surface area contributed by atoms with Crippen LogP contribution >= 0.6 is 0 Å². The quantitative estimate of drug-likeness (QED) is 0.505. The van der Waals surface area contributed by atoms with Crippen molar-refractivity contribution in [3.05, 3.63) is 59.7 Å². The van der Waals surface area contributed by atoms with Crippen molar-refractivity contribution in [1.29, 1.82) is 0 Å². The molecular weight excluding hydrogens is 394 g/mol. The summed E-state index contributed by atoms with van der Waals surface area (Å²) in [6.07, 6.45) is 2.77. The number of halogens is 2. The summed E-state index contributed by atoms with van der Waals surface area (Å²) in [6, 6.07) is 8.09. The van der Waals surface area contributed by atoms with Gasteiger partial charge in [-0.25, -0.2) is 4.98 Å². The Balaban J connectivity index is 1.98. The lowest BCUT2D eigenvalue weighted by molar-refractivity contribution is -0.117. The number of oxazole rings is 1. The van der Waals surface area contributed by atoms with Crippen LogP contribution in [-0.4, -0.2) is 28.5 Å². The number of aromatic nitrogens is 2. The van der Waals surface area contributed by atoms with Gasteiger partial charge >= 0.3 is 6.61 Å². The maximum absolute atomic E-state index is 12.7. The van der Waals surface area contributed by atoms with Gasteiger partial charge in [-0.05, 0) is 57.5 Å². The number of pyridine rings is 1. The second kappa shape index (κ2) is 9.02. The Morgan fingerprint density at radius 3 is 2.53 bits per heavy atom. The lowest BCUT2D eigenvalue weighted by Crippen LogP contribution is -2.14. The molecule has 0 N–H and O–H groups in total. The van der Waals surface area contributed by atoms with Crippen molar-refractivity contribution in [3.63, 3.8) is 0 Å². The van der Waals surface area contributed by atoms with Gasteiger partial charge in [-0.1, -0.05) is 6.07 Å². The predicted molar refractivity (Wildman–Crippen MR) is 106 cm³/mol. The van der Waals surface area contributed by atoms with Gasteiger partial charge in [0.2, 0.25) is 5.89 Å². The number of ether oxygens (including phenoxy) is 2. The van der Waals surface area contributed by atoms with Crippen LogP contribution in [-0.2, 0) is 4.79 Å². The van der Waals surface area contributed by atoms with Gasteiger partial charge in [-0.15, -0.1) is 0 Å². The number of carbonyl (C=O) groups is 1. The van der Waals surface area contributed by atoms with Crippen LogP contribution in [0.1, 0.15) is 43.6 Å². The van der Waals surface area contributed by atoms with Crippen LogP contribution in [0.3, 0.4) is 0 Å². The van der Waals surface area contributed by atoms with Gasteiger partial charge in [0.25, 0.3) is 0 Å². The number of alkyl halides is 2. The van der Waals surface area contributed by atoms with Gasteiger partial charge in [0.05, 0.1) is 17.5 Å². The molecule has 0 bridgehead atoms. The maximum Gasteiger partial charge on any atom is 0.387 e. The first-order chi connectivity index (χ1) is 14.3. The summed E-state index contributed by atoms with van der Waals surface area (Å²) in [5, 5.41) is 0. The van der Waals surface area contributed by atoms with Gasteiger partial charge < -0.3 is 13.9 Å². The molecule has 1 unspecified atom stereocenters. The molecule has 0 aliphatic carbocycles. The van der Waals surface area contributed by atoms with E-state index in [1.807, 2.05) is 13.0 Å². The Morgan fingerprint density at radius 2 is 1.90 bits per heavy atom. The van der Waals surface area contributed by atoms with E-state index in [9.17, 15) is 13.6 Å². The Kier molecular flexibility index (Phi) is 6.44. The number of aryl methyl sites for hydroxylation is 1. The second-order valence-electron chi connectivity index (χ2n) is 7.03. The van der Waals surface area contributed by atoms with Gasteiger partial charge in [-0.2, -0.15) is 8.78 Å². The molecule has 30 heavy (non-hydrogen) atoms. The molecule has 3 rings (SSSR count). The molecular formula is C22H22F2N2O4. The topological polar surface area (TPSA) is 74.5 Å². The summed E-state index contributed by atoms with van der Waals surface area (Å²) in [5.41, 5.74) is 2.38. The normalized spacial score (nSPS) is 12.3. The molecule has 0 aliphatic heterocycles. The number of benzene rings is 1. The minimum Gasteiger partial charge on any atom is -0.487 e. The maximum atomic E-state index is 12.7. The zero-order valence-corrected chi connectivity index (χ0v) is 17.1. The summed E-state index contributed by atoms with van der Waals surface area (Å²) in [4.78, 5) is 21.1. The number of Topliss-reactive ketones (excluding diaryl/α,β-unsaturated/α-hetero) is 1. The first-order valence-electron chi connectivity index (χ1n) is 9.39. The van der Waals surface area contributed by atoms with Crippen LogP contribution < -0.4 is 9.47 Å². The Hall–Kier alpha value is -3.29. The number of carbonyl (C=O) groups excluding carboxylic acids is 1. The highest BCUT2D eigenvalue weighted by molar-refractivity contribution is 5.86. The molecule has 1 aromatic carbocycles. The fourth-order valence-corrected chi connectivity index (χ4v) is 3.07. The summed E-state index contributed by atoms with van der Waals surface area (Å²) in [6.45, 7) is 3.91. The molecule has 6 nitrogen and oxygen atoms in total. The number of hydrogen-bond donors (Lipinski definition) is 0. The van der Waals surface area contributed by atoms with Gasteiger partial charge in [0.15, 0.2) is 11.5 Å². The predicted octanol–water partition coefficient (Wildman–Crippen LogP) is 5.15. The smallest absolute Gasteiger partial charge is 0.387 e. The molecule has 0 spiro atoms. The average Bonchev–Trinajstić information content (AvgIpc) is 3.13. The first kappa shape index (κ1) is 21.4. The summed E-state index contributed by atoms with van der Waals surface area (Å²) in [7, 11) is 0. The highest BCUT2D eigenvalue weighted by Crippen LogP contribution is 2.35. The van der Waals surface area contributed by atoms with Gasteiger partial charge in [0, 0.05) is 11.8 Å². The Morgan fingerprint density at radius 1 is 1.13 bits per heavy atom. The summed E-state index contributed by atoms with van der Waals surface area (Å²) in [5.74, 6) is -0.508. The van der Waals surface area contributed by atoms with E-state index in [4.69, 9.17) is 9.15 Å². The average molecular weight is 416 g/mol. The number of hydrogen-bond acceptors (Lipinski definition) is 6. The van der Waals surface area contributed by atoms with Crippen molar-refractivity contribution < 1.29 is 27.5 Å². The van der Waals surface area contributed by atoms with Crippen molar-refractivity contribution in [2.24, 2.45) is 0 Å². The van der Waals surface area contributed by atoms with Crippen LogP contribution in [0.2, 0.25) is 0 Å². The highest BCUT2D eigenvalue weighted by Gasteiger charge is 2.26. The van der Waals surface area contributed by atoms with Crippen molar-refractivity contribution in [2.45, 2.75) is 46.3 Å². The van der Waals surface area contributed by atoms with E-state index >= 15 is 0 Å². The van der Waals surface area contributed by atoms with E-state index in [0.717, 1.165) is 5.56 Å². The molecule has 3 aromatic rings. The van der Waals surface area contributed by atoms with Crippen LogP contribution in [0.4, 0.5) is 8.78 Å². The van der Waals surface area contributed by atoms with Crippen LogP contribution in [0.25, 0.3) is 11.5 Å². The van der Waals surface area contributed by atoms with E-state index in [0.29, 0.717) is 17.0 Å². The number of rotatable bonds is 8. The molecule has 2 heterocycles. The standard InChI is InChI=1S/C22H22F2N2O4/c1-12(2)29-18-10-15(7-8-17(18)30-22(23)24)21-26-16(11-28-21)19(14(4)27)20-13(3)6-5-9-25-20/h5-12,19,22H,1-4H3. The van der Waals surface area contributed by atoms with Crippen LogP contribution in [0.5, 0.6) is 11.5 Å². The second-order valence-corrected chi connectivity index (χ2v) is 7.03. The van der Waals surface area contributed by atoms with Crippen molar-refractivity contribution in [2.75, 3.05) is 0 Å². The van der Waals surface area contributed by atoms with Crippen LogP contribution in [0.15, 0.2) is 47.2 Å². The third kappa shape index (κ3) is 4.82. The van der Waals surface area contributed by atoms with E-state index < -0.39 is 12.5 Å². The minimum absolute atomic E-state index is 0.0834. The van der Waals surface area contributed by atoms with E-state index in [2.05, 4.69) is 14.7 Å². The Labute approximate surface area is 172 Å². The zero-order valence-electron chi connectivity index (χ0n) is 17.1. The molecule has 1 atom stereocenters. The van der Waals surface area contributed by atoms with Gasteiger partial charge in [0.1, 0.15) is 18.0 Å². The minimum atomic E-state index is -2.98. The fourth-order valence-electron chi connectivity index (χ4n) is 3.07. The lowest BCUT2D eigenvalue weighted by Gasteiger charge is -2.15. The molecule has 158 valence electrons. The van der Waals surface area contributed by atoms with Gasteiger partial charge in [-0.3, -0.25) is 9.78 Å². The largest absolute Gasteiger partial charge is 0.487 e. The monoisotopic (exact) mass is 416 g/mol. The SMILES string of the molecule is CC(=O)C(c1coc(-c2ccc(OC(F)F)c(OC(C)C)c2)n1)c1ncccc1C. The van der Waals surface area contributed by atoms with Crippen molar-refractivity contribution in [3.8, 4) is 23.0 Å². The number of ketones is 1. The molecule has 0 fully saturated rings. The number of nitrogens with zero attached hydrogens (tertiary/aromatic N) is 2. The summed E-state index contributed by atoms with van der Waals surface area (Å²) < 4.78 is 41.1. The van der Waals surface area contributed by atoms with E-state index in [1.165, 1.54) is 31.4 Å².